The van der Waals surface area contributed by atoms with Gasteiger partial charge < -0.3 is 5.32 Å². The number of hydrogen-bond acceptors (Lipinski definition) is 4. The summed E-state index contributed by atoms with van der Waals surface area (Å²) >= 11 is 1.35. The Bertz CT molecular complexity index is 1120. The van der Waals surface area contributed by atoms with Crippen molar-refractivity contribution in [3.63, 3.8) is 0 Å². The molecule has 0 spiro atoms. The van der Waals surface area contributed by atoms with Gasteiger partial charge in [-0.2, -0.15) is 0 Å². The Labute approximate surface area is 159 Å². The van der Waals surface area contributed by atoms with Crippen LogP contribution >= 0.6 is 11.3 Å². The molecule has 1 amide bonds. The van der Waals surface area contributed by atoms with Crippen LogP contribution in [0.5, 0.6) is 0 Å². The van der Waals surface area contributed by atoms with E-state index in [1.54, 1.807) is 40.4 Å². The van der Waals surface area contributed by atoms with Gasteiger partial charge >= 0.3 is 0 Å². The van der Waals surface area contributed by atoms with Crippen molar-refractivity contribution in [2.75, 3.05) is 6.54 Å². The first kappa shape index (κ1) is 17.4. The minimum absolute atomic E-state index is 0.188. The third kappa shape index (κ3) is 3.46. The monoisotopic (exact) mass is 380 g/mol. The Morgan fingerprint density at radius 3 is 2.93 bits per heavy atom. The molecule has 0 radical (unpaired) electrons. The van der Waals surface area contributed by atoms with Gasteiger partial charge in [-0.1, -0.05) is 18.2 Å². The number of rotatable bonds is 5. The normalized spacial score (nSPS) is 11.0. The molecule has 7 heteroatoms. The second kappa shape index (κ2) is 7.28. The molecule has 4 rings (SSSR count). The van der Waals surface area contributed by atoms with E-state index < -0.39 is 0 Å². The SMILES string of the molecule is Cc1cccnc1CCNC(=O)c1csc2nc(-c3ccccc3F)cn12. The van der Waals surface area contributed by atoms with Crippen LogP contribution in [0.1, 0.15) is 21.7 Å². The quantitative estimate of drug-likeness (QED) is 0.572. The molecule has 3 heterocycles. The highest BCUT2D eigenvalue weighted by atomic mass is 32.1. The lowest BCUT2D eigenvalue weighted by molar-refractivity contribution is 0.0948. The largest absolute Gasteiger partial charge is 0.350 e. The van der Waals surface area contributed by atoms with E-state index in [2.05, 4.69) is 15.3 Å². The van der Waals surface area contributed by atoms with Crippen LogP contribution in [0, 0.1) is 12.7 Å². The molecule has 136 valence electrons. The van der Waals surface area contributed by atoms with Crippen LogP contribution in [-0.2, 0) is 6.42 Å². The number of aromatic nitrogens is 3. The maximum absolute atomic E-state index is 14.0. The Hall–Kier alpha value is -3.06. The number of fused-ring (bicyclic) bond motifs is 1. The standard InChI is InChI=1S/C20H17FN4OS/c1-13-5-4-9-22-16(13)8-10-23-19(26)18-12-27-20-24-17(11-25(18)20)14-6-2-3-7-15(14)21/h2-7,9,11-12H,8,10H2,1H3,(H,23,26). The van der Waals surface area contributed by atoms with Crippen LogP contribution in [-0.4, -0.2) is 26.8 Å². The van der Waals surface area contributed by atoms with Gasteiger partial charge in [0.05, 0.1) is 5.69 Å². The number of nitrogens with zero attached hydrogens (tertiary/aromatic N) is 3. The third-order valence-corrected chi connectivity index (χ3v) is 5.20. The van der Waals surface area contributed by atoms with E-state index in [9.17, 15) is 9.18 Å². The zero-order valence-electron chi connectivity index (χ0n) is 14.6. The zero-order chi connectivity index (χ0) is 18.8. The van der Waals surface area contributed by atoms with Crippen LogP contribution in [0.2, 0.25) is 0 Å². The van der Waals surface area contributed by atoms with E-state index in [-0.39, 0.29) is 11.7 Å². The number of imidazole rings is 1. The van der Waals surface area contributed by atoms with Crippen molar-refractivity contribution in [3.05, 3.63) is 76.9 Å². The molecule has 0 saturated carbocycles. The molecule has 5 nitrogen and oxygen atoms in total. The molecule has 0 bridgehead atoms. The van der Waals surface area contributed by atoms with Crippen molar-refractivity contribution >= 4 is 22.2 Å². The Kier molecular flexibility index (Phi) is 4.68. The molecule has 4 aromatic rings. The maximum Gasteiger partial charge on any atom is 0.269 e. The van der Waals surface area contributed by atoms with Crippen molar-refractivity contribution < 1.29 is 9.18 Å². The highest BCUT2D eigenvalue weighted by Crippen LogP contribution is 2.25. The Morgan fingerprint density at radius 2 is 2.11 bits per heavy atom. The lowest BCUT2D eigenvalue weighted by Crippen LogP contribution is -2.27. The number of hydrogen-bond donors (Lipinski definition) is 1. The van der Waals surface area contributed by atoms with Crippen molar-refractivity contribution in [3.8, 4) is 11.3 Å². The van der Waals surface area contributed by atoms with Gasteiger partial charge in [-0.15, -0.1) is 11.3 Å². The summed E-state index contributed by atoms with van der Waals surface area (Å²) < 4.78 is 15.7. The van der Waals surface area contributed by atoms with Gasteiger partial charge in [0.2, 0.25) is 0 Å². The predicted molar refractivity (Wildman–Crippen MR) is 103 cm³/mol. The summed E-state index contributed by atoms with van der Waals surface area (Å²) in [7, 11) is 0. The highest BCUT2D eigenvalue weighted by molar-refractivity contribution is 7.15. The summed E-state index contributed by atoms with van der Waals surface area (Å²) in [6.45, 7) is 2.49. The number of aryl methyl sites for hydroxylation is 1. The minimum atomic E-state index is -0.333. The molecule has 0 aliphatic heterocycles. The van der Waals surface area contributed by atoms with Gasteiger partial charge in [0, 0.05) is 42.0 Å². The average Bonchev–Trinajstić information content (AvgIpc) is 3.24. The fraction of sp³-hybridized carbons (Fsp3) is 0.150. The zero-order valence-corrected chi connectivity index (χ0v) is 15.5. The summed E-state index contributed by atoms with van der Waals surface area (Å²) in [6.07, 6.45) is 4.11. The number of benzene rings is 1. The fourth-order valence-electron chi connectivity index (χ4n) is 2.91. The molecule has 1 aromatic carbocycles. The number of pyridine rings is 1. The summed E-state index contributed by atoms with van der Waals surface area (Å²) in [4.78, 5) is 22.0. The van der Waals surface area contributed by atoms with Crippen LogP contribution in [0.4, 0.5) is 4.39 Å². The molecule has 27 heavy (non-hydrogen) atoms. The lowest BCUT2D eigenvalue weighted by atomic mass is 10.1. The fourth-order valence-corrected chi connectivity index (χ4v) is 3.76. The van der Waals surface area contributed by atoms with E-state index >= 15 is 0 Å². The number of amides is 1. The average molecular weight is 380 g/mol. The van der Waals surface area contributed by atoms with Crippen LogP contribution < -0.4 is 5.32 Å². The van der Waals surface area contributed by atoms with E-state index in [1.807, 2.05) is 19.1 Å². The molecule has 0 aliphatic rings. The van der Waals surface area contributed by atoms with E-state index in [0.29, 0.717) is 34.9 Å². The Morgan fingerprint density at radius 1 is 1.26 bits per heavy atom. The van der Waals surface area contributed by atoms with Crippen molar-refractivity contribution in [2.24, 2.45) is 0 Å². The summed E-state index contributed by atoms with van der Waals surface area (Å²) in [5.41, 5.74) is 3.50. The topological polar surface area (TPSA) is 59.3 Å². The summed E-state index contributed by atoms with van der Waals surface area (Å²) in [5.74, 6) is -0.521. The number of carbonyl (C=O) groups is 1. The first-order chi connectivity index (χ1) is 13.1. The smallest absolute Gasteiger partial charge is 0.269 e. The molecule has 0 atom stereocenters. The molecule has 0 aliphatic carbocycles. The molecule has 1 N–H and O–H groups in total. The van der Waals surface area contributed by atoms with Crippen molar-refractivity contribution in [2.45, 2.75) is 13.3 Å². The van der Waals surface area contributed by atoms with Gasteiger partial charge in [-0.05, 0) is 30.7 Å². The maximum atomic E-state index is 14.0. The molecule has 3 aromatic heterocycles. The molecular formula is C20H17FN4OS. The second-order valence-electron chi connectivity index (χ2n) is 6.15. The Balaban J connectivity index is 1.51. The molecule has 0 saturated heterocycles. The lowest BCUT2D eigenvalue weighted by Gasteiger charge is -2.06. The number of halogens is 1. The second-order valence-corrected chi connectivity index (χ2v) is 6.99. The number of nitrogens with one attached hydrogen (secondary N) is 1. The van der Waals surface area contributed by atoms with Crippen molar-refractivity contribution in [1.82, 2.24) is 19.7 Å². The summed E-state index contributed by atoms with van der Waals surface area (Å²) in [5, 5.41) is 4.68. The van der Waals surface area contributed by atoms with E-state index in [1.165, 1.54) is 17.4 Å². The van der Waals surface area contributed by atoms with Crippen LogP contribution in [0.15, 0.2) is 54.2 Å². The first-order valence-corrected chi connectivity index (χ1v) is 9.41. The van der Waals surface area contributed by atoms with Crippen LogP contribution in [0.3, 0.4) is 0 Å². The highest BCUT2D eigenvalue weighted by Gasteiger charge is 2.16. The molecular weight excluding hydrogens is 363 g/mol. The molecule has 0 unspecified atom stereocenters. The van der Waals surface area contributed by atoms with Gasteiger partial charge in [-0.3, -0.25) is 14.2 Å². The first-order valence-electron chi connectivity index (χ1n) is 8.53. The van der Waals surface area contributed by atoms with Gasteiger partial charge in [0.1, 0.15) is 11.5 Å². The summed E-state index contributed by atoms with van der Waals surface area (Å²) in [6, 6.07) is 10.4. The van der Waals surface area contributed by atoms with Crippen LogP contribution in [0.25, 0.3) is 16.2 Å². The van der Waals surface area contributed by atoms with Gasteiger partial charge in [0.25, 0.3) is 5.91 Å². The molecule has 0 fully saturated rings. The van der Waals surface area contributed by atoms with Gasteiger partial charge in [-0.25, -0.2) is 9.37 Å². The number of carbonyl (C=O) groups excluding carboxylic acids is 1. The van der Waals surface area contributed by atoms with Gasteiger partial charge in [0.15, 0.2) is 4.96 Å². The number of thiazole rings is 1. The van der Waals surface area contributed by atoms with E-state index in [0.717, 1.165) is 11.3 Å². The predicted octanol–water partition coefficient (Wildman–Crippen LogP) is 3.88. The third-order valence-electron chi connectivity index (χ3n) is 4.36. The van der Waals surface area contributed by atoms with Crippen molar-refractivity contribution in [1.29, 1.82) is 0 Å². The minimum Gasteiger partial charge on any atom is -0.350 e. The van der Waals surface area contributed by atoms with E-state index in [4.69, 9.17) is 0 Å².